The van der Waals surface area contributed by atoms with E-state index >= 15 is 0 Å². The van der Waals surface area contributed by atoms with Crippen molar-refractivity contribution in [3.63, 3.8) is 0 Å². The van der Waals surface area contributed by atoms with Crippen LogP contribution < -0.4 is 14.4 Å². The van der Waals surface area contributed by atoms with Gasteiger partial charge in [0.1, 0.15) is 23.0 Å². The highest BCUT2D eigenvalue weighted by molar-refractivity contribution is 6.02. The number of anilines is 3. The molecule has 0 unspecified atom stereocenters. The number of hydrogen-bond donors (Lipinski definition) is 0. The highest BCUT2D eigenvalue weighted by Crippen LogP contribution is 2.65. The highest BCUT2D eigenvalue weighted by atomic mass is 16.5. The number of fused-ring (bicyclic) bond motifs is 18. The Morgan fingerprint density at radius 2 is 0.602 bits per heavy atom. The van der Waals surface area contributed by atoms with E-state index in [0.29, 0.717) is 0 Å². The van der Waals surface area contributed by atoms with Crippen molar-refractivity contribution < 1.29 is 9.47 Å². The van der Waals surface area contributed by atoms with Crippen LogP contribution in [0.1, 0.15) is 44.5 Å². The molecule has 0 N–H and O–H groups in total. The fourth-order valence-electron chi connectivity index (χ4n) is 14.7. The second-order valence-electron chi connectivity index (χ2n) is 22.1. The zero-order valence-electron chi connectivity index (χ0n) is 45.2. The van der Waals surface area contributed by atoms with Crippen molar-refractivity contribution in [2.24, 2.45) is 0 Å². The average Bonchev–Trinajstić information content (AvgIpc) is 2.05. The quantitative estimate of drug-likeness (QED) is 0.159. The molecular formula is C80H51NO2. The molecule has 2 aliphatic carbocycles. The Morgan fingerprint density at radius 1 is 0.217 bits per heavy atom. The first kappa shape index (κ1) is 47.1. The predicted octanol–water partition coefficient (Wildman–Crippen LogP) is 20.8. The van der Waals surface area contributed by atoms with Crippen LogP contribution in [-0.4, -0.2) is 0 Å². The number of benzene rings is 13. The van der Waals surface area contributed by atoms with E-state index in [1.165, 1.54) is 55.6 Å². The van der Waals surface area contributed by atoms with Crippen molar-refractivity contribution in [3.05, 3.63) is 354 Å². The Labute approximate surface area is 483 Å². The second-order valence-corrected chi connectivity index (χ2v) is 22.1. The summed E-state index contributed by atoms with van der Waals surface area (Å²) in [4.78, 5) is 2.50. The minimum atomic E-state index is -0.609. The molecule has 2 aliphatic heterocycles. The molecule has 17 rings (SSSR count). The summed E-state index contributed by atoms with van der Waals surface area (Å²) in [6.45, 7) is 0. The van der Waals surface area contributed by atoms with E-state index in [9.17, 15) is 0 Å². The first-order chi connectivity index (χ1) is 41.2. The van der Waals surface area contributed by atoms with E-state index in [1.807, 2.05) is 0 Å². The van der Waals surface area contributed by atoms with Crippen molar-refractivity contribution in [2.75, 3.05) is 4.90 Å². The van der Waals surface area contributed by atoms with Gasteiger partial charge >= 0.3 is 0 Å². The van der Waals surface area contributed by atoms with Gasteiger partial charge in [-0.05, 0) is 132 Å². The van der Waals surface area contributed by atoms with Crippen molar-refractivity contribution in [1.29, 1.82) is 0 Å². The van der Waals surface area contributed by atoms with Gasteiger partial charge in [0.25, 0.3) is 0 Å². The Hall–Kier alpha value is -10.7. The lowest BCUT2D eigenvalue weighted by Gasteiger charge is -2.39. The number of ether oxygens (including phenoxy) is 2. The summed E-state index contributed by atoms with van der Waals surface area (Å²) < 4.78 is 13.4. The Balaban J connectivity index is 0.873. The van der Waals surface area contributed by atoms with Gasteiger partial charge in [0.2, 0.25) is 0 Å². The molecular weight excluding hydrogens is 1010 g/mol. The van der Waals surface area contributed by atoms with Gasteiger partial charge in [0.05, 0.1) is 22.2 Å². The molecule has 0 radical (unpaired) electrons. The summed E-state index contributed by atoms with van der Waals surface area (Å²) in [5, 5.41) is 0. The van der Waals surface area contributed by atoms with Crippen molar-refractivity contribution >= 4 is 17.1 Å². The number of para-hydroxylation sites is 6. The fourth-order valence-corrected chi connectivity index (χ4v) is 14.7. The van der Waals surface area contributed by atoms with Crippen molar-refractivity contribution in [3.8, 4) is 89.8 Å². The first-order valence-electron chi connectivity index (χ1n) is 28.6. The van der Waals surface area contributed by atoms with Crippen LogP contribution in [0.4, 0.5) is 17.1 Å². The molecule has 83 heavy (non-hydrogen) atoms. The summed E-state index contributed by atoms with van der Waals surface area (Å²) in [5.41, 5.74) is 25.8. The molecule has 0 saturated heterocycles. The molecule has 0 amide bonds. The van der Waals surface area contributed by atoms with Crippen LogP contribution in [0, 0.1) is 0 Å². The molecule has 2 heterocycles. The SMILES string of the molecule is c1ccc(-c2ccc(-c3ccccc3N(c3cccc(-c4ccc5c(c4)-c4ccccc4C54c5ccccc5Oc5ccccc54)c3)c3ccccc3-c3cccc4c3-c3ccccc3C43c4ccccc4Oc4ccccc43)cc2)cc1. The summed E-state index contributed by atoms with van der Waals surface area (Å²) >= 11 is 0. The lowest BCUT2D eigenvalue weighted by Crippen LogP contribution is -2.32. The molecule has 0 atom stereocenters. The van der Waals surface area contributed by atoms with Crippen LogP contribution >= 0.6 is 0 Å². The summed E-state index contributed by atoms with van der Waals surface area (Å²) in [5.74, 6) is 3.54. The van der Waals surface area contributed by atoms with Crippen LogP contribution in [0.2, 0.25) is 0 Å². The van der Waals surface area contributed by atoms with Crippen LogP contribution in [0.15, 0.2) is 309 Å². The van der Waals surface area contributed by atoms with Gasteiger partial charge in [-0.3, -0.25) is 0 Å². The zero-order chi connectivity index (χ0) is 54.6. The third kappa shape index (κ3) is 6.80. The summed E-state index contributed by atoms with van der Waals surface area (Å²) in [6.07, 6.45) is 0. The van der Waals surface area contributed by atoms with Crippen molar-refractivity contribution in [2.45, 2.75) is 10.8 Å². The Kier molecular flexibility index (Phi) is 10.4. The molecule has 13 aromatic rings. The standard InChI is InChI=1S/C80H51NO2/c1-2-22-52(23-3-1)53-44-46-54(47-45-53)58-26-6-14-38-72(58)81(57-25-20-24-55(50-57)56-48-49-66-63(51-56)59-27-4-8-31-64(59)79(66)67-33-10-16-40-74(67)82-75-41-17-11-34-68(75)79)73-39-15-7-28-60(73)61-30-21-37-71-78(61)62-29-5-9-32-65(62)80(71)69-35-12-18-42-76(69)83-77-43-19-13-36-70(77)80/h1-51H. The van der Waals surface area contributed by atoms with Gasteiger partial charge in [0, 0.05) is 39.1 Å². The van der Waals surface area contributed by atoms with E-state index in [1.54, 1.807) is 0 Å². The second kappa shape index (κ2) is 18.4. The molecule has 3 nitrogen and oxygen atoms in total. The monoisotopic (exact) mass is 1060 g/mol. The van der Waals surface area contributed by atoms with Gasteiger partial charge < -0.3 is 14.4 Å². The molecule has 0 bridgehead atoms. The summed E-state index contributed by atoms with van der Waals surface area (Å²) in [7, 11) is 0. The van der Waals surface area contributed by atoms with Gasteiger partial charge in [-0.15, -0.1) is 0 Å². The minimum Gasteiger partial charge on any atom is -0.457 e. The number of nitrogens with zero attached hydrogens (tertiary/aromatic N) is 1. The van der Waals surface area contributed by atoms with E-state index in [4.69, 9.17) is 9.47 Å². The average molecular weight is 1060 g/mol. The maximum atomic E-state index is 6.75. The molecule has 388 valence electrons. The van der Waals surface area contributed by atoms with Gasteiger partial charge in [-0.2, -0.15) is 0 Å². The molecule has 0 aromatic heterocycles. The van der Waals surface area contributed by atoms with E-state index in [-0.39, 0.29) is 0 Å². The number of hydrogen-bond acceptors (Lipinski definition) is 3. The van der Waals surface area contributed by atoms with Crippen LogP contribution in [0.5, 0.6) is 23.0 Å². The Bertz CT molecular complexity index is 4670. The topological polar surface area (TPSA) is 21.7 Å². The van der Waals surface area contributed by atoms with Gasteiger partial charge in [-0.25, -0.2) is 0 Å². The normalized spacial score (nSPS) is 13.7. The van der Waals surface area contributed by atoms with Crippen LogP contribution in [-0.2, 0) is 10.8 Å². The zero-order valence-corrected chi connectivity index (χ0v) is 45.2. The smallest absolute Gasteiger partial charge is 0.132 e. The molecule has 2 spiro atoms. The van der Waals surface area contributed by atoms with Crippen molar-refractivity contribution in [1.82, 2.24) is 0 Å². The Morgan fingerprint density at radius 3 is 1.23 bits per heavy atom. The summed E-state index contributed by atoms with van der Waals surface area (Å²) in [6, 6.07) is 113. The molecule has 4 aliphatic rings. The fraction of sp³-hybridized carbons (Fsp3) is 0.0250. The highest BCUT2D eigenvalue weighted by Gasteiger charge is 2.53. The van der Waals surface area contributed by atoms with Crippen LogP contribution in [0.3, 0.4) is 0 Å². The predicted molar refractivity (Wildman–Crippen MR) is 338 cm³/mol. The van der Waals surface area contributed by atoms with E-state index < -0.39 is 10.8 Å². The minimum absolute atomic E-state index is 0.545. The third-order valence-corrected chi connectivity index (χ3v) is 18.0. The lowest BCUT2D eigenvalue weighted by molar-refractivity contribution is 0.436. The first-order valence-corrected chi connectivity index (χ1v) is 28.6. The molecule has 3 heteroatoms. The third-order valence-electron chi connectivity index (χ3n) is 18.0. The van der Waals surface area contributed by atoms with E-state index in [2.05, 4.69) is 314 Å². The largest absolute Gasteiger partial charge is 0.457 e. The maximum Gasteiger partial charge on any atom is 0.132 e. The van der Waals surface area contributed by atoms with E-state index in [0.717, 1.165) is 95.7 Å². The maximum absolute atomic E-state index is 6.75. The number of rotatable bonds is 7. The molecule has 0 fully saturated rings. The molecule has 13 aromatic carbocycles. The van der Waals surface area contributed by atoms with Gasteiger partial charge in [0.15, 0.2) is 0 Å². The molecule has 0 saturated carbocycles. The van der Waals surface area contributed by atoms with Crippen LogP contribution in [0.25, 0.3) is 66.8 Å². The lowest BCUT2D eigenvalue weighted by atomic mass is 9.66. The van der Waals surface area contributed by atoms with Gasteiger partial charge in [-0.1, -0.05) is 255 Å².